The molecule has 0 aliphatic carbocycles. The van der Waals surface area contributed by atoms with Crippen LogP contribution in [0.4, 0.5) is 11.5 Å². The number of aromatic hydroxyl groups is 1. The van der Waals surface area contributed by atoms with Crippen molar-refractivity contribution in [1.82, 2.24) is 30.3 Å². The first kappa shape index (κ1) is 43.6. The zero-order chi connectivity index (χ0) is 41.3. The highest BCUT2D eigenvalue weighted by Crippen LogP contribution is 2.33. The SMILES string of the molecule is CC.CC(=O)N1CCN(c2cc(-c3ccccc3O)nnc2N)CC1.Cc1ncsc1-c1ccc([C@H](C)NC(=O)[C@@H]2C[C@@H](O)CN2C(=O)[C@@H](C)C(C)(C)C)cc1. The van der Waals surface area contributed by atoms with E-state index in [0.717, 1.165) is 27.4 Å². The van der Waals surface area contributed by atoms with Crippen LogP contribution in [0.25, 0.3) is 21.7 Å². The van der Waals surface area contributed by atoms with Crippen LogP contribution in [0.1, 0.15) is 79.1 Å². The molecule has 0 bridgehead atoms. The van der Waals surface area contributed by atoms with Crippen molar-refractivity contribution in [1.29, 1.82) is 0 Å². The first-order chi connectivity index (χ1) is 26.5. The largest absolute Gasteiger partial charge is 0.507 e. The lowest BCUT2D eigenvalue weighted by Crippen LogP contribution is -2.49. The van der Waals surface area contributed by atoms with E-state index in [9.17, 15) is 24.6 Å². The Labute approximate surface area is 335 Å². The third-order valence-corrected chi connectivity index (χ3v) is 11.3. The van der Waals surface area contributed by atoms with Gasteiger partial charge in [-0.1, -0.05) is 77.9 Å². The lowest BCUT2D eigenvalue weighted by Gasteiger charge is -2.35. The number of aliphatic hydroxyl groups excluding tert-OH is 1. The van der Waals surface area contributed by atoms with Gasteiger partial charge in [-0.25, -0.2) is 4.98 Å². The number of hydrogen-bond donors (Lipinski definition) is 4. The molecule has 2 aliphatic heterocycles. The Morgan fingerprint density at radius 1 is 0.982 bits per heavy atom. The minimum absolute atomic E-state index is 0.0823. The molecule has 0 radical (unpaired) electrons. The van der Waals surface area contributed by atoms with Crippen LogP contribution in [0, 0.1) is 18.3 Å². The normalized spacial score (nSPS) is 17.9. The van der Waals surface area contributed by atoms with E-state index >= 15 is 0 Å². The molecule has 0 spiro atoms. The van der Waals surface area contributed by atoms with E-state index < -0.39 is 12.1 Å². The molecule has 13 nitrogen and oxygen atoms in total. The molecule has 2 aromatic heterocycles. The van der Waals surface area contributed by atoms with Gasteiger partial charge in [-0.2, -0.15) is 0 Å². The first-order valence-corrected chi connectivity index (χ1v) is 20.1. The van der Waals surface area contributed by atoms with Crippen LogP contribution < -0.4 is 16.0 Å². The van der Waals surface area contributed by atoms with Crippen LogP contribution in [0.5, 0.6) is 5.75 Å². The number of aliphatic hydroxyl groups is 1. The number of benzene rings is 2. The van der Waals surface area contributed by atoms with E-state index in [-0.39, 0.29) is 53.8 Å². The van der Waals surface area contributed by atoms with Gasteiger partial charge >= 0.3 is 0 Å². The molecule has 4 heterocycles. The third-order valence-electron chi connectivity index (χ3n) is 10.4. The van der Waals surface area contributed by atoms with Crippen LogP contribution in [-0.2, 0) is 14.4 Å². The number of anilines is 2. The number of nitrogens with zero attached hydrogens (tertiary/aromatic N) is 6. The number of nitrogen functional groups attached to an aromatic ring is 1. The molecular weight excluding hydrogens is 729 g/mol. The minimum atomic E-state index is -0.677. The summed E-state index contributed by atoms with van der Waals surface area (Å²) in [7, 11) is 0. The second kappa shape index (κ2) is 19.2. The van der Waals surface area contributed by atoms with Crippen molar-refractivity contribution in [2.45, 2.75) is 86.9 Å². The number of phenolic OH excluding ortho intramolecular Hbond substituents is 1. The van der Waals surface area contributed by atoms with Gasteiger partial charge in [-0.05, 0) is 48.6 Å². The number of piperazine rings is 1. The van der Waals surface area contributed by atoms with Crippen molar-refractivity contribution < 1.29 is 24.6 Å². The molecule has 5 N–H and O–H groups in total. The van der Waals surface area contributed by atoms with Gasteiger partial charge in [0.1, 0.15) is 11.8 Å². The van der Waals surface area contributed by atoms with Gasteiger partial charge < -0.3 is 36.0 Å². The fraction of sp³-hybridized carbons (Fsp3) is 0.476. The molecule has 2 fully saturated rings. The van der Waals surface area contributed by atoms with E-state index in [4.69, 9.17) is 5.73 Å². The third kappa shape index (κ3) is 10.6. The molecule has 6 rings (SSSR count). The number of hydrogen-bond acceptors (Lipinski definition) is 11. The molecule has 2 saturated heterocycles. The number of carbonyl (C=O) groups excluding carboxylic acids is 3. The van der Waals surface area contributed by atoms with Crippen molar-refractivity contribution >= 4 is 40.6 Å². The second-order valence-corrected chi connectivity index (χ2v) is 16.0. The lowest BCUT2D eigenvalue weighted by atomic mass is 9.81. The van der Waals surface area contributed by atoms with Crippen molar-refractivity contribution in [3.63, 3.8) is 0 Å². The summed E-state index contributed by atoms with van der Waals surface area (Å²) in [6, 6.07) is 16.1. The van der Waals surface area contributed by atoms with E-state index in [0.29, 0.717) is 43.3 Å². The highest BCUT2D eigenvalue weighted by atomic mass is 32.1. The maximum Gasteiger partial charge on any atom is 0.243 e. The second-order valence-electron chi connectivity index (χ2n) is 15.1. The van der Waals surface area contributed by atoms with Gasteiger partial charge in [0.05, 0.1) is 39.6 Å². The number of thiazole rings is 1. The van der Waals surface area contributed by atoms with E-state index in [2.05, 4.69) is 25.4 Å². The Balaban J connectivity index is 0.000000247. The van der Waals surface area contributed by atoms with Crippen molar-refractivity contribution in [3.05, 3.63) is 71.4 Å². The summed E-state index contributed by atoms with van der Waals surface area (Å²) in [5.41, 5.74) is 12.7. The molecule has 14 heteroatoms. The highest BCUT2D eigenvalue weighted by Gasteiger charge is 2.42. The predicted octanol–water partition coefficient (Wildman–Crippen LogP) is 6.07. The molecule has 0 unspecified atom stereocenters. The maximum absolute atomic E-state index is 13.0. The number of phenols is 1. The summed E-state index contributed by atoms with van der Waals surface area (Å²) in [6.07, 6.45) is -0.408. The molecule has 0 saturated carbocycles. The summed E-state index contributed by atoms with van der Waals surface area (Å²) in [5.74, 6) is 0.0371. The van der Waals surface area contributed by atoms with Crippen LogP contribution in [0.15, 0.2) is 60.1 Å². The van der Waals surface area contributed by atoms with E-state index in [1.54, 1.807) is 41.4 Å². The molecule has 2 aromatic carbocycles. The average molecular weight is 787 g/mol. The molecule has 2 aliphatic rings. The number of para-hydroxylation sites is 1. The summed E-state index contributed by atoms with van der Waals surface area (Å²) < 4.78 is 0. The van der Waals surface area contributed by atoms with Crippen molar-refractivity contribution in [2.75, 3.05) is 43.4 Å². The monoisotopic (exact) mass is 786 g/mol. The fourth-order valence-electron chi connectivity index (χ4n) is 6.55. The number of likely N-dealkylation sites (tertiary alicyclic amines) is 1. The maximum atomic E-state index is 13.0. The van der Waals surface area contributed by atoms with Crippen molar-refractivity contribution in [3.8, 4) is 27.4 Å². The van der Waals surface area contributed by atoms with Gasteiger partial charge in [0.15, 0.2) is 5.82 Å². The van der Waals surface area contributed by atoms with Crippen LogP contribution in [0.2, 0.25) is 0 Å². The number of rotatable bonds is 7. The zero-order valence-corrected chi connectivity index (χ0v) is 34.9. The summed E-state index contributed by atoms with van der Waals surface area (Å²) in [6.45, 7) is 20.3. The first-order valence-electron chi connectivity index (χ1n) is 19.3. The molecule has 56 heavy (non-hydrogen) atoms. The molecule has 4 aromatic rings. The molecule has 302 valence electrons. The summed E-state index contributed by atoms with van der Waals surface area (Å²) >= 11 is 1.61. The summed E-state index contributed by atoms with van der Waals surface area (Å²) in [5, 5.41) is 31.3. The van der Waals surface area contributed by atoms with Crippen LogP contribution in [0.3, 0.4) is 0 Å². The number of nitrogens with two attached hydrogens (primary N) is 1. The smallest absolute Gasteiger partial charge is 0.243 e. The zero-order valence-electron chi connectivity index (χ0n) is 34.1. The van der Waals surface area contributed by atoms with Crippen molar-refractivity contribution in [2.24, 2.45) is 11.3 Å². The Kier molecular flexibility index (Phi) is 14.9. The molecular formula is C42H58N8O5S. The number of aromatic nitrogens is 3. The Morgan fingerprint density at radius 2 is 1.62 bits per heavy atom. The molecule has 4 atom stereocenters. The number of amides is 3. The number of β-amino-alcohol motifs (C(OH)–C–C–N with tert-alkyl or cyclic N) is 1. The minimum Gasteiger partial charge on any atom is -0.507 e. The van der Waals surface area contributed by atoms with Gasteiger partial charge in [0, 0.05) is 57.5 Å². The van der Waals surface area contributed by atoms with E-state index in [1.807, 2.05) is 102 Å². The van der Waals surface area contributed by atoms with Crippen LogP contribution >= 0.6 is 11.3 Å². The van der Waals surface area contributed by atoms with E-state index in [1.165, 1.54) is 0 Å². The summed E-state index contributed by atoms with van der Waals surface area (Å²) in [4.78, 5) is 48.4. The topological polar surface area (TPSA) is 178 Å². The quantitative estimate of drug-likeness (QED) is 0.172. The number of aryl methyl sites for hydroxylation is 1. The Morgan fingerprint density at radius 3 is 2.20 bits per heavy atom. The highest BCUT2D eigenvalue weighted by molar-refractivity contribution is 7.13. The fourth-order valence-corrected chi connectivity index (χ4v) is 7.36. The van der Waals surface area contributed by atoms with Gasteiger partial charge in [-0.3, -0.25) is 14.4 Å². The standard InChI is InChI=1S/C24H33N3O3S.C16H19N5O2.C2H6/c1-14(24(4,5)6)23(30)27-12-19(28)11-20(27)22(29)26-15(2)17-7-9-18(10-8-17)21-16(3)25-13-31-21;1-11(22)20-6-8-21(9-7-20)14-10-13(18-19-16(14)17)12-4-2-3-5-15(12)23;1-2/h7-10,13-15,19-20,28H,11-12H2,1-6H3,(H,26,29);2-5,10,23H,6-9H2,1H3,(H2,17,19);1-2H3/t14-,15+,19-,20+;;/m1../s1. The predicted molar refractivity (Wildman–Crippen MR) is 223 cm³/mol. The average Bonchev–Trinajstić information content (AvgIpc) is 3.80. The Bertz CT molecular complexity index is 1940. The lowest BCUT2D eigenvalue weighted by molar-refractivity contribution is -0.144. The Hall–Kier alpha value is -5.08. The van der Waals surface area contributed by atoms with Gasteiger partial charge in [-0.15, -0.1) is 21.5 Å². The number of nitrogens with one attached hydrogen (secondary N) is 1. The molecule has 3 amide bonds. The number of carbonyl (C=O) groups is 3. The van der Waals surface area contributed by atoms with Gasteiger partial charge in [0.2, 0.25) is 17.7 Å². The van der Waals surface area contributed by atoms with Crippen LogP contribution in [-0.4, -0.2) is 97.8 Å². The van der Waals surface area contributed by atoms with Gasteiger partial charge in [0.25, 0.3) is 0 Å².